The van der Waals surface area contributed by atoms with Gasteiger partial charge in [-0.2, -0.15) is 0 Å². The lowest BCUT2D eigenvalue weighted by Gasteiger charge is -2.24. The first-order valence-corrected chi connectivity index (χ1v) is 5.81. The largest absolute Gasteiger partial charge is 0.363 e. The molecule has 3 nitrogen and oxygen atoms in total. The van der Waals surface area contributed by atoms with Gasteiger partial charge in [0.25, 0.3) is 0 Å². The van der Waals surface area contributed by atoms with Crippen molar-refractivity contribution in [2.75, 3.05) is 14.1 Å². The second kappa shape index (κ2) is 5.17. The van der Waals surface area contributed by atoms with Gasteiger partial charge in [0.2, 0.25) is 0 Å². The second-order valence-corrected chi connectivity index (χ2v) is 4.44. The molecule has 0 saturated carbocycles. The van der Waals surface area contributed by atoms with Crippen LogP contribution >= 0.6 is 0 Å². The Morgan fingerprint density at radius 3 is 2.65 bits per heavy atom. The van der Waals surface area contributed by atoms with Gasteiger partial charge in [0, 0.05) is 18.4 Å². The van der Waals surface area contributed by atoms with Crippen molar-refractivity contribution in [3.05, 3.63) is 59.4 Å². The monoisotopic (exact) mass is 229 g/mol. The first-order valence-electron chi connectivity index (χ1n) is 5.81. The molecule has 1 atom stereocenters. The first-order chi connectivity index (χ1) is 8.22. The zero-order chi connectivity index (χ0) is 12.3. The average Bonchev–Trinajstić information content (AvgIpc) is 2.83. The van der Waals surface area contributed by atoms with E-state index in [2.05, 4.69) is 54.3 Å². The van der Waals surface area contributed by atoms with Gasteiger partial charge in [-0.3, -0.25) is 4.90 Å². The molecule has 1 unspecified atom stereocenters. The summed E-state index contributed by atoms with van der Waals surface area (Å²) < 4.78 is 0. The number of nitrogens with zero attached hydrogens (tertiary/aromatic N) is 1. The highest BCUT2D eigenvalue weighted by Gasteiger charge is 2.17. The molecule has 90 valence electrons. The minimum Gasteiger partial charge on any atom is -0.363 e. The van der Waals surface area contributed by atoms with Gasteiger partial charge in [-0.1, -0.05) is 24.3 Å². The highest BCUT2D eigenvalue weighted by molar-refractivity contribution is 5.31. The van der Waals surface area contributed by atoms with E-state index in [-0.39, 0.29) is 6.04 Å². The van der Waals surface area contributed by atoms with E-state index >= 15 is 0 Å². The van der Waals surface area contributed by atoms with E-state index in [0.29, 0.717) is 6.54 Å². The Hall–Kier alpha value is -1.58. The summed E-state index contributed by atoms with van der Waals surface area (Å²) >= 11 is 0. The lowest BCUT2D eigenvalue weighted by atomic mass is 10.0. The Balaban J connectivity index is 2.39. The number of hydrogen-bond acceptors (Lipinski definition) is 2. The van der Waals surface area contributed by atoms with E-state index in [1.54, 1.807) is 0 Å². The molecule has 0 fully saturated rings. The summed E-state index contributed by atoms with van der Waals surface area (Å²) in [6.07, 6.45) is 1.96. The van der Waals surface area contributed by atoms with Crippen molar-refractivity contribution in [2.24, 2.45) is 5.73 Å². The van der Waals surface area contributed by atoms with Crippen molar-refractivity contribution in [2.45, 2.75) is 12.6 Å². The minimum atomic E-state index is 0.247. The number of nitrogens with one attached hydrogen (secondary N) is 1. The second-order valence-electron chi connectivity index (χ2n) is 4.44. The van der Waals surface area contributed by atoms with Crippen molar-refractivity contribution in [1.82, 2.24) is 9.88 Å². The maximum absolute atomic E-state index is 5.69. The number of H-pyrrole nitrogens is 1. The molecule has 0 radical (unpaired) electrons. The summed E-state index contributed by atoms with van der Waals surface area (Å²) in [6.45, 7) is 0.582. The van der Waals surface area contributed by atoms with Crippen LogP contribution in [0.15, 0.2) is 42.6 Å². The molecule has 0 bridgehead atoms. The van der Waals surface area contributed by atoms with Gasteiger partial charge >= 0.3 is 0 Å². The summed E-state index contributed by atoms with van der Waals surface area (Å²) in [5.74, 6) is 0. The van der Waals surface area contributed by atoms with E-state index in [9.17, 15) is 0 Å². The number of aromatic nitrogens is 1. The average molecular weight is 229 g/mol. The molecule has 0 spiro atoms. The smallest absolute Gasteiger partial charge is 0.0749 e. The van der Waals surface area contributed by atoms with Crippen LogP contribution in [0, 0.1) is 0 Å². The van der Waals surface area contributed by atoms with Gasteiger partial charge in [0.1, 0.15) is 0 Å². The molecule has 1 heterocycles. The summed E-state index contributed by atoms with van der Waals surface area (Å²) in [4.78, 5) is 5.48. The van der Waals surface area contributed by atoms with E-state index < -0.39 is 0 Å². The molecule has 17 heavy (non-hydrogen) atoms. The van der Waals surface area contributed by atoms with Crippen molar-refractivity contribution >= 4 is 0 Å². The Morgan fingerprint density at radius 2 is 2.06 bits per heavy atom. The third kappa shape index (κ3) is 2.57. The fourth-order valence-electron chi connectivity index (χ4n) is 2.16. The molecule has 2 aromatic rings. The standard InChI is InChI=1S/C14H19N3/c1-17(2)14(13-7-4-8-16-13)12-6-3-5-11(9-12)10-15/h3-9,14,16H,10,15H2,1-2H3. The molecule has 0 saturated heterocycles. The van der Waals surface area contributed by atoms with Crippen LogP contribution in [0.3, 0.4) is 0 Å². The van der Waals surface area contributed by atoms with Gasteiger partial charge in [-0.05, 0) is 37.4 Å². The maximum atomic E-state index is 5.69. The Morgan fingerprint density at radius 1 is 1.24 bits per heavy atom. The van der Waals surface area contributed by atoms with Crippen LogP contribution in [0.2, 0.25) is 0 Å². The number of benzene rings is 1. The Labute approximate surface area is 102 Å². The van der Waals surface area contributed by atoms with Gasteiger partial charge < -0.3 is 10.7 Å². The molecular weight excluding hydrogens is 210 g/mol. The minimum absolute atomic E-state index is 0.247. The molecule has 3 heteroatoms. The highest BCUT2D eigenvalue weighted by atomic mass is 15.1. The molecular formula is C14H19N3. The molecule has 2 rings (SSSR count). The Bertz CT molecular complexity index is 460. The van der Waals surface area contributed by atoms with Crippen molar-refractivity contribution in [3.8, 4) is 0 Å². The van der Waals surface area contributed by atoms with Crippen molar-refractivity contribution in [1.29, 1.82) is 0 Å². The summed E-state index contributed by atoms with van der Waals surface area (Å²) in [7, 11) is 4.17. The fourth-order valence-corrected chi connectivity index (χ4v) is 2.16. The summed E-state index contributed by atoms with van der Waals surface area (Å²) in [5.41, 5.74) is 9.32. The zero-order valence-corrected chi connectivity index (χ0v) is 10.4. The maximum Gasteiger partial charge on any atom is 0.0749 e. The van der Waals surface area contributed by atoms with E-state index in [1.807, 2.05) is 12.3 Å². The lowest BCUT2D eigenvalue weighted by molar-refractivity contribution is 0.337. The van der Waals surface area contributed by atoms with Gasteiger partial charge in [-0.15, -0.1) is 0 Å². The third-order valence-electron chi connectivity index (χ3n) is 2.94. The predicted molar refractivity (Wildman–Crippen MR) is 70.7 cm³/mol. The van der Waals surface area contributed by atoms with Crippen LogP contribution in [0.1, 0.15) is 22.9 Å². The lowest BCUT2D eigenvalue weighted by Crippen LogP contribution is -2.21. The summed E-state index contributed by atoms with van der Waals surface area (Å²) in [6, 6.07) is 12.8. The van der Waals surface area contributed by atoms with Crippen molar-refractivity contribution < 1.29 is 0 Å². The van der Waals surface area contributed by atoms with Gasteiger partial charge in [0.05, 0.1) is 6.04 Å². The molecule has 0 aliphatic heterocycles. The van der Waals surface area contributed by atoms with Crippen LogP contribution in [0.4, 0.5) is 0 Å². The van der Waals surface area contributed by atoms with Gasteiger partial charge in [0.15, 0.2) is 0 Å². The number of rotatable bonds is 4. The normalized spacial score (nSPS) is 12.9. The molecule has 0 amide bonds. The third-order valence-corrected chi connectivity index (χ3v) is 2.94. The molecule has 3 N–H and O–H groups in total. The molecule has 0 aliphatic carbocycles. The fraction of sp³-hybridized carbons (Fsp3) is 0.286. The van der Waals surface area contributed by atoms with Crippen LogP contribution in [-0.2, 0) is 6.54 Å². The predicted octanol–water partition coefficient (Wildman–Crippen LogP) is 2.12. The van der Waals surface area contributed by atoms with Gasteiger partial charge in [-0.25, -0.2) is 0 Å². The van der Waals surface area contributed by atoms with Crippen molar-refractivity contribution in [3.63, 3.8) is 0 Å². The molecule has 1 aromatic carbocycles. The summed E-state index contributed by atoms with van der Waals surface area (Å²) in [5, 5.41) is 0. The Kier molecular flexibility index (Phi) is 3.61. The van der Waals surface area contributed by atoms with Crippen LogP contribution in [0.25, 0.3) is 0 Å². The highest BCUT2D eigenvalue weighted by Crippen LogP contribution is 2.25. The number of hydrogen-bond donors (Lipinski definition) is 2. The SMILES string of the molecule is CN(C)C(c1cccc(CN)c1)c1ccc[nH]1. The van der Waals surface area contributed by atoms with E-state index in [1.165, 1.54) is 16.8 Å². The first kappa shape index (κ1) is 11.9. The molecule has 1 aromatic heterocycles. The zero-order valence-electron chi connectivity index (χ0n) is 10.4. The topological polar surface area (TPSA) is 45.0 Å². The van der Waals surface area contributed by atoms with Crippen LogP contribution in [0.5, 0.6) is 0 Å². The molecule has 0 aliphatic rings. The quantitative estimate of drug-likeness (QED) is 0.843. The van der Waals surface area contributed by atoms with E-state index in [0.717, 1.165) is 0 Å². The number of aromatic amines is 1. The number of nitrogens with two attached hydrogens (primary N) is 1. The van der Waals surface area contributed by atoms with E-state index in [4.69, 9.17) is 5.73 Å². The van der Waals surface area contributed by atoms with Crippen LogP contribution in [-0.4, -0.2) is 24.0 Å². The van der Waals surface area contributed by atoms with Crippen LogP contribution < -0.4 is 5.73 Å².